The zero-order chi connectivity index (χ0) is 48.4. The Morgan fingerprint density at radius 1 is 0.343 bits per heavy atom. The van der Waals surface area contributed by atoms with Crippen molar-refractivity contribution in [1.29, 1.82) is 0 Å². The first kappa shape index (κ1) is 50.9. The number of nitrogens with zero attached hydrogens (tertiary/aromatic N) is 4. The van der Waals surface area contributed by atoms with Gasteiger partial charge in [-0.15, -0.1) is 0 Å². The highest BCUT2D eigenvalue weighted by Crippen LogP contribution is 2.41. The predicted octanol–water partition coefficient (Wildman–Crippen LogP) is 13.8. The van der Waals surface area contributed by atoms with Crippen molar-refractivity contribution in [2.24, 2.45) is 0 Å². The Labute approximate surface area is 405 Å². The number of aryl methyl sites for hydroxylation is 4. The Balaban J connectivity index is 1.32. The van der Waals surface area contributed by atoms with Crippen LogP contribution in [0, 0.1) is 27.7 Å². The van der Waals surface area contributed by atoms with Gasteiger partial charge in [-0.05, 0) is 198 Å². The summed E-state index contributed by atoms with van der Waals surface area (Å²) >= 11 is 0. The van der Waals surface area contributed by atoms with Crippen molar-refractivity contribution < 1.29 is 8.42 Å². The van der Waals surface area contributed by atoms with Crippen molar-refractivity contribution in [1.82, 2.24) is 0 Å². The van der Waals surface area contributed by atoms with E-state index in [4.69, 9.17) is 0 Å². The molecule has 0 unspecified atom stereocenters. The van der Waals surface area contributed by atoms with Gasteiger partial charge in [0.1, 0.15) is 0 Å². The molecule has 6 nitrogen and oxygen atoms in total. The summed E-state index contributed by atoms with van der Waals surface area (Å²) in [6, 6.07) is 44.2. The second kappa shape index (κ2) is 23.0. The van der Waals surface area contributed by atoms with Gasteiger partial charge >= 0.3 is 0 Å². The molecule has 356 valence electrons. The summed E-state index contributed by atoms with van der Waals surface area (Å²) in [6.07, 6.45) is 0. The van der Waals surface area contributed by atoms with E-state index in [1.165, 1.54) is 67.3 Å². The molecule has 0 saturated carbocycles. The molecule has 0 heterocycles. The normalized spacial score (nSPS) is 11.7. The summed E-state index contributed by atoms with van der Waals surface area (Å²) in [6.45, 7) is 34.0. The predicted molar refractivity (Wildman–Crippen MR) is 290 cm³/mol. The average Bonchev–Trinajstić information content (AvgIpc) is 3.32. The Morgan fingerprint density at radius 3 is 0.776 bits per heavy atom. The molecule has 7 heteroatoms. The van der Waals surface area contributed by atoms with Crippen LogP contribution < -0.4 is 19.6 Å². The van der Waals surface area contributed by atoms with Gasteiger partial charge in [-0.3, -0.25) is 0 Å². The van der Waals surface area contributed by atoms with E-state index >= 15 is 0 Å². The molecular weight excluding hydrogens is 841 g/mol. The second-order valence-corrected chi connectivity index (χ2v) is 20.3. The molecule has 0 aliphatic heterocycles. The molecule has 67 heavy (non-hydrogen) atoms. The van der Waals surface area contributed by atoms with Crippen LogP contribution >= 0.6 is 0 Å². The van der Waals surface area contributed by atoms with Crippen molar-refractivity contribution in [2.75, 3.05) is 72.0 Å². The Kier molecular flexibility index (Phi) is 17.4. The van der Waals surface area contributed by atoms with Crippen molar-refractivity contribution in [3.05, 3.63) is 188 Å². The van der Waals surface area contributed by atoms with Crippen LogP contribution in [0.4, 0.5) is 22.7 Å². The molecule has 0 fully saturated rings. The molecule has 0 aliphatic rings. The van der Waals surface area contributed by atoms with Crippen LogP contribution in [0.1, 0.15) is 134 Å². The summed E-state index contributed by atoms with van der Waals surface area (Å²) in [4.78, 5) is 9.61. The molecule has 0 bridgehead atoms. The van der Waals surface area contributed by atoms with Crippen LogP contribution in [-0.2, 0) is 21.3 Å². The minimum absolute atomic E-state index is 0.0222. The lowest BCUT2D eigenvalue weighted by atomic mass is 9.80. The molecule has 0 amide bonds. The van der Waals surface area contributed by atoms with E-state index in [0.717, 1.165) is 74.6 Å². The van der Waals surface area contributed by atoms with Crippen LogP contribution in [0.5, 0.6) is 0 Å². The van der Waals surface area contributed by atoms with Gasteiger partial charge in [0.05, 0.1) is 11.5 Å². The SMILES string of the molecule is CCN(CC)c1ccc(C)c(C(c2ccc(CS(=O)(=O)Cc3ccc(C(c4cc(N(CC)CC)ccc4C)c4cc(N(CC)CC)ccc4C)cc3)cc2)c2cc(N(CC)CC)ccc2C)c1. The van der Waals surface area contributed by atoms with Crippen LogP contribution in [-0.4, -0.2) is 60.8 Å². The Hall–Kier alpha value is -5.53. The average molecular weight is 919 g/mol. The number of rotatable bonds is 22. The first-order chi connectivity index (χ1) is 32.2. The fourth-order valence-corrected chi connectivity index (χ4v) is 11.6. The molecule has 6 aromatic carbocycles. The molecule has 0 aromatic heterocycles. The molecule has 0 aliphatic carbocycles. The van der Waals surface area contributed by atoms with E-state index in [9.17, 15) is 8.42 Å². The summed E-state index contributed by atoms with van der Waals surface area (Å²) in [5, 5.41) is 0. The highest BCUT2D eigenvalue weighted by molar-refractivity contribution is 7.89. The fraction of sp³-hybridized carbons (Fsp3) is 0.400. The van der Waals surface area contributed by atoms with E-state index in [2.05, 4.69) is 200 Å². The van der Waals surface area contributed by atoms with Crippen LogP contribution in [0.3, 0.4) is 0 Å². The van der Waals surface area contributed by atoms with Gasteiger partial charge in [0.2, 0.25) is 0 Å². The van der Waals surface area contributed by atoms with E-state index < -0.39 is 9.84 Å². The highest BCUT2D eigenvalue weighted by Gasteiger charge is 2.26. The molecule has 6 aromatic rings. The maximum absolute atomic E-state index is 14.1. The van der Waals surface area contributed by atoms with Crippen LogP contribution in [0.25, 0.3) is 0 Å². The topological polar surface area (TPSA) is 47.1 Å². The molecule has 0 atom stereocenters. The lowest BCUT2D eigenvalue weighted by Gasteiger charge is -2.28. The first-order valence-corrected chi connectivity index (χ1v) is 26.8. The third kappa shape index (κ3) is 11.8. The van der Waals surface area contributed by atoms with E-state index in [-0.39, 0.29) is 23.3 Å². The number of benzene rings is 6. The number of anilines is 4. The first-order valence-electron chi connectivity index (χ1n) is 25.0. The van der Waals surface area contributed by atoms with Crippen molar-refractivity contribution in [2.45, 2.75) is 106 Å². The quantitative estimate of drug-likeness (QED) is 0.0632. The molecule has 0 radical (unpaired) electrons. The third-order valence-corrected chi connectivity index (χ3v) is 15.8. The van der Waals surface area contributed by atoms with Crippen molar-refractivity contribution >= 4 is 32.6 Å². The molecule has 0 spiro atoms. The standard InChI is InChI=1S/C60H78N4O2S/c1-13-61(14-2)51-33-21-43(9)55(37-51)59(56-38-52(34-22-44(56)10)62(15-3)16-4)49-29-25-47(26-30-49)41-67(65,66)42-48-27-31-50(32-28-48)60(57-39-53(35-23-45(57)11)63(17-5)18-6)58-40-54(36-24-46(58)12)64(19-7)20-8/h21-40,59-60H,13-20,41-42H2,1-12H3. The monoisotopic (exact) mass is 919 g/mol. The number of sulfone groups is 1. The summed E-state index contributed by atoms with van der Waals surface area (Å²) in [5.41, 5.74) is 18.8. The summed E-state index contributed by atoms with van der Waals surface area (Å²) < 4.78 is 28.2. The maximum Gasteiger partial charge on any atom is 0.158 e. The highest BCUT2D eigenvalue weighted by atomic mass is 32.2. The molecule has 0 saturated heterocycles. The van der Waals surface area contributed by atoms with Crippen LogP contribution in [0.2, 0.25) is 0 Å². The van der Waals surface area contributed by atoms with Gasteiger partial charge in [0, 0.05) is 86.9 Å². The Morgan fingerprint density at radius 2 is 0.567 bits per heavy atom. The van der Waals surface area contributed by atoms with Gasteiger partial charge in [0.15, 0.2) is 9.84 Å². The van der Waals surface area contributed by atoms with Crippen molar-refractivity contribution in [3.8, 4) is 0 Å². The molecular formula is C60H78N4O2S. The minimum Gasteiger partial charge on any atom is -0.372 e. The van der Waals surface area contributed by atoms with Gasteiger partial charge in [0.25, 0.3) is 0 Å². The van der Waals surface area contributed by atoms with Gasteiger partial charge in [-0.1, -0.05) is 72.8 Å². The molecule has 6 rings (SSSR count). The minimum atomic E-state index is -3.50. The van der Waals surface area contributed by atoms with Crippen molar-refractivity contribution in [3.63, 3.8) is 0 Å². The van der Waals surface area contributed by atoms with Gasteiger partial charge in [-0.25, -0.2) is 8.42 Å². The van der Waals surface area contributed by atoms with E-state index in [1.54, 1.807) is 0 Å². The zero-order valence-electron chi connectivity index (χ0n) is 42.8. The number of hydrogen-bond acceptors (Lipinski definition) is 6. The van der Waals surface area contributed by atoms with Gasteiger partial charge in [-0.2, -0.15) is 0 Å². The summed E-state index contributed by atoms with van der Waals surface area (Å²) in [5.74, 6) is -0.0922. The fourth-order valence-electron chi connectivity index (χ4n) is 10.1. The number of hydrogen-bond donors (Lipinski definition) is 0. The lowest BCUT2D eigenvalue weighted by molar-refractivity contribution is 0.594. The van der Waals surface area contributed by atoms with E-state index in [1.807, 2.05) is 24.3 Å². The zero-order valence-corrected chi connectivity index (χ0v) is 43.6. The summed E-state index contributed by atoms with van der Waals surface area (Å²) in [7, 11) is -3.50. The lowest BCUT2D eigenvalue weighted by Crippen LogP contribution is -2.23. The molecule has 0 N–H and O–H groups in total. The maximum atomic E-state index is 14.1. The third-order valence-electron chi connectivity index (χ3n) is 14.2. The smallest absolute Gasteiger partial charge is 0.158 e. The van der Waals surface area contributed by atoms with Crippen LogP contribution in [0.15, 0.2) is 121 Å². The Bertz CT molecular complexity index is 2360. The van der Waals surface area contributed by atoms with E-state index in [0.29, 0.717) is 0 Å². The second-order valence-electron chi connectivity index (χ2n) is 18.2. The largest absolute Gasteiger partial charge is 0.372 e. The van der Waals surface area contributed by atoms with Gasteiger partial charge < -0.3 is 19.6 Å².